The molecule has 0 amide bonds. The van der Waals surface area contributed by atoms with Crippen LogP contribution in [0.1, 0.15) is 270 Å². The molecule has 0 radical (unpaired) electrons. The second-order valence-electron chi connectivity index (χ2n) is 24.7. The number of benzene rings is 3. The van der Waals surface area contributed by atoms with Crippen molar-refractivity contribution >= 4 is 71.8 Å². The smallest absolute Gasteiger partial charge is 0.438 e. The van der Waals surface area contributed by atoms with Crippen LogP contribution in [0.2, 0.25) is 36.3 Å². The van der Waals surface area contributed by atoms with E-state index in [2.05, 4.69) is 111 Å². The molecular weight excluding hydrogens is 1150 g/mol. The van der Waals surface area contributed by atoms with Crippen molar-refractivity contribution in [2.75, 3.05) is 55.4 Å². The predicted molar refractivity (Wildman–Crippen MR) is 456 cm³/mol. The number of rotatable bonds is 22. The van der Waals surface area contributed by atoms with Crippen LogP contribution in [0, 0.1) is 34.0 Å². The van der Waals surface area contributed by atoms with Crippen LogP contribution in [0.5, 0.6) is 34.9 Å². The first-order valence-electron chi connectivity index (χ1n) is 81.8. The van der Waals surface area contributed by atoms with E-state index in [1.54, 1.807) is 97.1 Å². The number of aromatic nitrogens is 3. The van der Waals surface area contributed by atoms with Crippen LogP contribution in [0.25, 0.3) is 0 Å². The van der Waals surface area contributed by atoms with Gasteiger partial charge in [-0.1, -0.05) is 65.8 Å². The zero-order chi connectivity index (χ0) is 171. The first-order valence-corrected chi connectivity index (χ1v) is 34.6. The van der Waals surface area contributed by atoms with E-state index in [0.717, 1.165) is 18.1 Å². The highest BCUT2D eigenvalue weighted by Crippen LogP contribution is 2.39. The van der Waals surface area contributed by atoms with Gasteiger partial charge in [-0.3, -0.25) is 9.59 Å². The Balaban J connectivity index is -0.0000000268. The van der Waals surface area contributed by atoms with E-state index in [9.17, 15) is 25.1 Å². The molecule has 0 atom stereocenters. The van der Waals surface area contributed by atoms with Crippen molar-refractivity contribution in [1.29, 1.82) is 15.8 Å². The quantitative estimate of drug-likeness (QED) is 0.0240. The van der Waals surface area contributed by atoms with Crippen molar-refractivity contribution in [3.05, 3.63) is 130 Å². The van der Waals surface area contributed by atoms with Crippen LogP contribution >= 0.6 is 0 Å². The number of nitrogens with one attached hydrogen (secondary N) is 3. The van der Waals surface area contributed by atoms with Crippen LogP contribution in [0.3, 0.4) is 0 Å². The number of hydrogen-bond donors (Lipinski definition) is 5. The lowest BCUT2D eigenvalue weighted by molar-refractivity contribution is 0.00578. The van der Waals surface area contributed by atoms with Crippen molar-refractivity contribution in [3.8, 4) is 53.1 Å². The van der Waals surface area contributed by atoms with Gasteiger partial charge in [-0.15, -0.1) is 0 Å². The Hall–Kier alpha value is -8.00. The molecule has 2 aliphatic heterocycles. The predicted octanol–water partition coefficient (Wildman–Crippen LogP) is 23.7. The topological polar surface area (TPSA) is 295 Å². The SMILES string of the molecule is CC(C)(C)[Si](C)(C)OCCNc1ccc(C#N)c(Oc2cccc(C=O)c2)n1.CC1(C)OB(c2ccc(Oc3nc(NCCO[Si](C)(C)C(C)(C)C)ccc3C#N)cc2C=O)OC1(C)C.N#Cc1ccc(NCCO)nc1Oc1ccc2c(c1)COB2O.[2H][2H].[2H][2H].[2H][2H].[2H][2H].[2H][2H].[2H][2H].[2H][2H].[2H][2H].[2H][2H].[2H][2H].[2H][2H].[2H][2H].[2H][2H].[2H][2H].[2H][2H].[2H][2H].[2H][2H].[2H][2H].[2H][2H].[2H][2H].[2H][2H].[2H][2H].[2H][2H].[2H][2H].[2H][2H].[2H][2H].[2H][2H].[2H][2H].[2H][2H].[2H][2H].[2H][2H].[2H][2H].[2H][2H].[2H][2H].[2H][2H].[2H][2H].[2H][2H].[2H][2H].[2H][2H].[2H][2H].[2H][2H].[2H][2H].[2H][2H].[2H][2H].[2H][2H].[2H][2H].[2H][2H].[2H][2H].[2H][2H].[2H][2H].[2H][2H].[2H][2H].[2H][2H]. The number of fused-ring (bicyclic) bond motifs is 1. The van der Waals surface area contributed by atoms with Gasteiger partial charge in [-0.25, -0.2) is 0 Å². The number of anilines is 3. The van der Waals surface area contributed by atoms with Crippen molar-refractivity contribution in [2.45, 2.75) is 123 Å². The molecule has 88 heavy (non-hydrogen) atoms. The molecule has 25 heteroatoms. The lowest BCUT2D eigenvalue weighted by Crippen LogP contribution is -2.41. The summed E-state index contributed by atoms with van der Waals surface area (Å²) in [4.78, 5) is 35.9. The van der Waals surface area contributed by atoms with Crippen molar-refractivity contribution < 1.29 is 214 Å². The molecule has 5 heterocycles. The third-order valence-corrected chi connectivity index (χ3v) is 24.9. The average Bonchev–Trinajstić information content (AvgIpc) is 1.61. The number of nitrogens with zero attached hydrogens (tertiary/aromatic N) is 6. The molecule has 1 fully saturated rings. The maximum Gasteiger partial charge on any atom is 0.495 e. The summed E-state index contributed by atoms with van der Waals surface area (Å²) in [5.74, 6) is 3.53. The van der Waals surface area contributed by atoms with E-state index >= 15 is 0 Å². The Bertz CT molecular complexity index is 3720. The number of pyridine rings is 3. The van der Waals surface area contributed by atoms with Gasteiger partial charge in [-0.05, 0) is 153 Å². The number of ether oxygens (including phenoxy) is 3. The normalized spacial score (nSPS) is 18.9. The van der Waals surface area contributed by atoms with Crippen molar-refractivity contribution in [2.24, 2.45) is 0 Å². The Morgan fingerprint density at radius 1 is 0.625 bits per heavy atom. The molecule has 1 saturated heterocycles. The molecule has 3 aromatic carbocycles. The molecule has 0 aliphatic carbocycles. The summed E-state index contributed by atoms with van der Waals surface area (Å²) < 4.78 is 577. The van der Waals surface area contributed by atoms with Gasteiger partial charge in [0.2, 0.25) is 17.6 Å². The maximum atomic E-state index is 11.9. The van der Waals surface area contributed by atoms with Crippen LogP contribution in [0.4, 0.5) is 17.5 Å². The molecule has 568 valence electrons. The number of aldehydes is 2. The zero-order valence-corrected chi connectivity index (χ0v) is 54.7. The molecule has 0 bridgehead atoms. The standard InChI is InChI=1S/C27H38BN3O5Si.C21H27N3O3Si.C15H14BN3O4.53H2/c1-25(2,3)37(8,9)33-15-14-30-23-13-10-19(17-29)24(31-23)34-21-11-12-22(20(16-21)18-32)28-35-26(4,5)27(6,7)36-28;1-21(2,3)28(4,5)26-12-11-23-19-10-9-17(14-22)20(24-19)27-18-8-6-7-16(13-18)15-25;17-8-10-1-4-14(18-5-6-20)19-15(10)23-12-2-3-13-11(7-12)9-22-16(13)21;;;;;;;;;;;;;;;;;;;;;;;;;;;;;;;;;;;;;;;;;;;;;;;;;;;;;/h10-13,16,18H,14-15H2,1-9H3,(H,30,31);6-10,13,15H,11-12H2,1-5H3,(H,23,24);1-4,7,20-21H,5-6,9H2,(H,18,19);53*1H/i;;;53*1+1D. The Labute approximate surface area is 682 Å². The number of nitriles is 3. The van der Waals surface area contributed by atoms with Crippen molar-refractivity contribution in [1.82, 2.24) is 15.0 Å². The molecule has 21 nitrogen and oxygen atoms in total. The van der Waals surface area contributed by atoms with E-state index in [-0.39, 0.29) is 39.9 Å². The Morgan fingerprint density at radius 3 is 1.48 bits per heavy atom. The Morgan fingerprint density at radius 2 is 1.06 bits per heavy atom. The lowest BCUT2D eigenvalue weighted by Gasteiger charge is -2.36. The molecular formula is C63H185B2N9O12Si2. The molecule has 0 spiro atoms. The fourth-order valence-corrected chi connectivity index (χ4v) is 9.94. The lowest BCUT2D eigenvalue weighted by atomic mass is 9.76. The molecule has 8 rings (SSSR count). The monoisotopic (exact) mass is 1450 g/mol. The zero-order valence-electron chi connectivity index (χ0n) is 159. The van der Waals surface area contributed by atoms with Gasteiger partial charge in [0, 0.05) is 188 Å². The largest absolute Gasteiger partial charge is 0.495 e. The molecule has 0 saturated carbocycles. The fourth-order valence-electron chi connectivity index (χ4n) is 7.85. The molecule has 3 aromatic heterocycles. The van der Waals surface area contributed by atoms with Crippen LogP contribution < -0.4 is 41.1 Å². The minimum atomic E-state index is -1.83. The summed E-state index contributed by atoms with van der Waals surface area (Å²) in [6.07, 6.45) is 1.48. The van der Waals surface area contributed by atoms with E-state index in [4.69, 9.17) is 205 Å². The van der Waals surface area contributed by atoms with Crippen LogP contribution in [-0.2, 0) is 29.4 Å². The fraction of sp³-hybridized carbons (Fsp3) is 0.397. The summed E-state index contributed by atoms with van der Waals surface area (Å²) in [7, 11) is -5.20. The third-order valence-electron chi connectivity index (χ3n) is 15.8. The van der Waals surface area contributed by atoms with Crippen LogP contribution in [0.15, 0.2) is 97.1 Å². The highest BCUT2D eigenvalue weighted by atomic mass is 28.4. The van der Waals surface area contributed by atoms with Gasteiger partial charge in [0.05, 0.1) is 37.6 Å². The molecule has 0 unspecified atom stereocenters. The summed E-state index contributed by atoms with van der Waals surface area (Å²) in [5, 5.41) is 56.2. The maximum absolute atomic E-state index is 11.9. The highest BCUT2D eigenvalue weighted by Gasteiger charge is 2.52. The molecule has 2 aliphatic rings. The number of hydrogen-bond acceptors (Lipinski definition) is 21. The summed E-state index contributed by atoms with van der Waals surface area (Å²) >= 11 is 0. The first-order chi connectivity index (χ1) is 94.5. The van der Waals surface area contributed by atoms with E-state index in [1.807, 2.05) is 33.8 Å². The number of carbonyl (C=O) groups excluding carboxylic acids is 2. The van der Waals surface area contributed by atoms with Gasteiger partial charge < -0.3 is 63.1 Å². The molecule has 5 N–H and O–H groups in total. The van der Waals surface area contributed by atoms with Crippen molar-refractivity contribution in [3.63, 3.8) is 0 Å². The molecule has 6 aromatic rings. The van der Waals surface area contributed by atoms with Gasteiger partial charge in [-0.2, -0.15) is 30.7 Å². The van der Waals surface area contributed by atoms with Gasteiger partial charge >= 0.3 is 14.2 Å². The highest BCUT2D eigenvalue weighted by molar-refractivity contribution is 6.74. The minimum absolute atomic E-state index is 0.0228. The van der Waals surface area contributed by atoms with Gasteiger partial charge in [0.1, 0.15) is 82.2 Å². The minimum Gasteiger partial charge on any atom is -0.438 e. The van der Waals surface area contributed by atoms with E-state index in [0.29, 0.717) is 107 Å². The number of aliphatic hydroxyl groups is 1. The summed E-state index contributed by atoms with van der Waals surface area (Å²) in [6.45, 7) is 32.9. The van der Waals surface area contributed by atoms with Gasteiger partial charge in [0.15, 0.2) is 16.6 Å². The van der Waals surface area contributed by atoms with Crippen LogP contribution in [-0.4, -0.2) is 119 Å². The number of carbonyl (C=O) groups is 2. The Kier molecular flexibility index (Phi) is 8.88. The van der Waals surface area contributed by atoms with E-state index in [1.165, 1.54) is 0 Å². The third kappa shape index (κ3) is 18.3. The average molecular weight is 1450 g/mol. The second kappa shape index (κ2) is 29.8. The number of aliphatic hydroxyl groups excluding tert-OH is 1. The summed E-state index contributed by atoms with van der Waals surface area (Å²) in [5.41, 5.74) is 2.89. The summed E-state index contributed by atoms with van der Waals surface area (Å²) in [6, 6.07) is 33.2. The van der Waals surface area contributed by atoms with E-state index < -0.39 is 42.1 Å². The first kappa shape index (κ1) is 26.2. The second-order valence-corrected chi connectivity index (χ2v) is 34.3. The van der Waals surface area contributed by atoms with Gasteiger partial charge in [0.25, 0.3) is 0 Å².